The first-order chi connectivity index (χ1) is 6.61. The Kier molecular flexibility index (Phi) is 3.92. The predicted octanol–water partition coefficient (Wildman–Crippen LogP) is 0.338. The zero-order chi connectivity index (χ0) is 10.6. The number of likely N-dealkylation sites (tertiary alicyclic amines) is 1. The average Bonchev–Trinajstić information content (AvgIpc) is 2.17. The van der Waals surface area contributed by atoms with Crippen LogP contribution in [0.5, 0.6) is 0 Å². The fourth-order valence-corrected chi connectivity index (χ4v) is 1.64. The van der Waals surface area contributed by atoms with Crippen LogP contribution in [0.2, 0.25) is 0 Å². The third-order valence-corrected chi connectivity index (χ3v) is 2.34. The van der Waals surface area contributed by atoms with Crippen LogP contribution in [0, 0.1) is 6.92 Å². The minimum atomic E-state index is -0.634. The van der Waals surface area contributed by atoms with Gasteiger partial charge in [-0.2, -0.15) is 0 Å². The molecule has 0 bridgehead atoms. The number of amides is 2. The van der Waals surface area contributed by atoms with Gasteiger partial charge in [0.05, 0.1) is 0 Å². The van der Waals surface area contributed by atoms with Gasteiger partial charge in [-0.15, -0.1) is 0 Å². The fourth-order valence-electron chi connectivity index (χ4n) is 1.64. The van der Waals surface area contributed by atoms with Crippen molar-refractivity contribution in [2.24, 2.45) is 0 Å². The monoisotopic (exact) mass is 197 g/mol. The van der Waals surface area contributed by atoms with Crippen LogP contribution in [-0.4, -0.2) is 35.8 Å². The van der Waals surface area contributed by atoms with Crippen molar-refractivity contribution in [2.75, 3.05) is 13.1 Å². The molecule has 0 saturated carbocycles. The smallest absolute Gasteiger partial charge is 0.245 e. The number of piperidine rings is 1. The van der Waals surface area contributed by atoms with Gasteiger partial charge in [0, 0.05) is 20.0 Å². The van der Waals surface area contributed by atoms with E-state index in [0.29, 0.717) is 0 Å². The first kappa shape index (κ1) is 11.0. The first-order valence-corrected chi connectivity index (χ1v) is 5.00. The van der Waals surface area contributed by atoms with Gasteiger partial charge in [-0.05, 0) is 26.2 Å². The number of nitrogens with zero attached hydrogens (tertiary/aromatic N) is 1. The Labute approximate surface area is 84.7 Å². The van der Waals surface area contributed by atoms with E-state index in [4.69, 9.17) is 0 Å². The van der Waals surface area contributed by atoms with E-state index in [2.05, 4.69) is 12.2 Å². The van der Waals surface area contributed by atoms with E-state index in [-0.39, 0.29) is 11.8 Å². The summed E-state index contributed by atoms with van der Waals surface area (Å²) in [6, 6.07) is -0.634. The molecule has 0 aromatic heterocycles. The van der Waals surface area contributed by atoms with E-state index in [1.807, 2.05) is 0 Å². The zero-order valence-electron chi connectivity index (χ0n) is 8.58. The molecule has 1 N–H and O–H groups in total. The summed E-state index contributed by atoms with van der Waals surface area (Å²) < 4.78 is 0. The van der Waals surface area contributed by atoms with Crippen molar-refractivity contribution < 1.29 is 9.59 Å². The van der Waals surface area contributed by atoms with Crippen LogP contribution in [-0.2, 0) is 9.59 Å². The first-order valence-electron chi connectivity index (χ1n) is 5.00. The second kappa shape index (κ2) is 4.98. The highest BCUT2D eigenvalue weighted by molar-refractivity contribution is 5.87. The summed E-state index contributed by atoms with van der Waals surface area (Å²) in [7, 11) is 0. The quantitative estimate of drug-likeness (QED) is 0.694. The number of nitrogens with one attached hydrogen (secondary N) is 1. The van der Waals surface area contributed by atoms with Gasteiger partial charge in [-0.3, -0.25) is 9.59 Å². The molecule has 1 atom stereocenters. The lowest BCUT2D eigenvalue weighted by Crippen LogP contribution is -2.48. The number of carbonyl (C=O) groups excluding carboxylic acids is 2. The van der Waals surface area contributed by atoms with Crippen molar-refractivity contribution in [2.45, 2.75) is 32.2 Å². The lowest BCUT2D eigenvalue weighted by Gasteiger charge is -2.29. The van der Waals surface area contributed by atoms with Crippen molar-refractivity contribution >= 4 is 11.8 Å². The summed E-state index contributed by atoms with van der Waals surface area (Å²) in [6.07, 6.45) is 3.29. The van der Waals surface area contributed by atoms with E-state index in [0.717, 1.165) is 25.9 Å². The molecule has 4 nitrogen and oxygen atoms in total. The van der Waals surface area contributed by atoms with Crippen LogP contribution < -0.4 is 5.32 Å². The molecule has 1 aliphatic heterocycles. The summed E-state index contributed by atoms with van der Waals surface area (Å²) in [5.74, 6) is -0.282. The van der Waals surface area contributed by atoms with Crippen LogP contribution in [0.1, 0.15) is 26.2 Å². The van der Waals surface area contributed by atoms with E-state index < -0.39 is 6.04 Å². The second-order valence-corrected chi connectivity index (χ2v) is 3.64. The van der Waals surface area contributed by atoms with Crippen LogP contribution >= 0.6 is 0 Å². The van der Waals surface area contributed by atoms with Gasteiger partial charge in [0.15, 0.2) is 0 Å². The number of carbonyl (C=O) groups is 2. The van der Waals surface area contributed by atoms with Crippen molar-refractivity contribution in [1.29, 1.82) is 0 Å². The Morgan fingerprint density at radius 3 is 2.36 bits per heavy atom. The molecule has 1 fully saturated rings. The Bertz CT molecular complexity index is 222. The number of hydrogen-bond donors (Lipinski definition) is 1. The van der Waals surface area contributed by atoms with E-state index >= 15 is 0 Å². The maximum Gasteiger partial charge on any atom is 0.245 e. The number of hydrogen-bond acceptors (Lipinski definition) is 2. The third-order valence-electron chi connectivity index (χ3n) is 2.34. The molecular formula is C10H17N2O2. The highest BCUT2D eigenvalue weighted by atomic mass is 16.2. The maximum absolute atomic E-state index is 11.7. The summed E-state index contributed by atoms with van der Waals surface area (Å²) in [5, 5.41) is 2.50. The molecule has 1 heterocycles. The Balaban J connectivity index is 2.42. The van der Waals surface area contributed by atoms with Gasteiger partial charge in [-0.1, -0.05) is 0 Å². The van der Waals surface area contributed by atoms with Gasteiger partial charge in [0.25, 0.3) is 0 Å². The topological polar surface area (TPSA) is 49.4 Å². The zero-order valence-corrected chi connectivity index (χ0v) is 8.58. The van der Waals surface area contributed by atoms with Gasteiger partial charge in [0.1, 0.15) is 6.04 Å². The maximum atomic E-state index is 11.7. The summed E-state index contributed by atoms with van der Waals surface area (Å²) >= 11 is 0. The predicted molar refractivity (Wildman–Crippen MR) is 53.4 cm³/mol. The SMILES string of the molecule is [CH2]C(NC(C)=O)C(=O)N1CCCCC1. The largest absolute Gasteiger partial charge is 0.345 e. The lowest BCUT2D eigenvalue weighted by molar-refractivity contribution is -0.135. The van der Waals surface area contributed by atoms with Crippen LogP contribution in [0.15, 0.2) is 0 Å². The average molecular weight is 197 g/mol. The fraction of sp³-hybridized carbons (Fsp3) is 0.700. The highest BCUT2D eigenvalue weighted by Crippen LogP contribution is 2.09. The minimum Gasteiger partial charge on any atom is -0.345 e. The Morgan fingerprint density at radius 2 is 1.86 bits per heavy atom. The molecule has 0 aromatic rings. The van der Waals surface area contributed by atoms with Crippen molar-refractivity contribution in [3.8, 4) is 0 Å². The van der Waals surface area contributed by atoms with Gasteiger partial charge < -0.3 is 10.2 Å². The molecule has 1 rings (SSSR count). The van der Waals surface area contributed by atoms with Crippen LogP contribution in [0.4, 0.5) is 0 Å². The molecule has 0 spiro atoms. The lowest BCUT2D eigenvalue weighted by atomic mass is 10.1. The Hall–Kier alpha value is -1.06. The van der Waals surface area contributed by atoms with E-state index in [9.17, 15) is 9.59 Å². The molecular weight excluding hydrogens is 180 g/mol. The standard InChI is InChI=1S/C10H17N2O2/c1-8(11-9(2)13)10(14)12-6-4-3-5-7-12/h8H,1,3-7H2,2H3,(H,11,13). The molecule has 14 heavy (non-hydrogen) atoms. The molecule has 0 aromatic carbocycles. The molecule has 1 aliphatic rings. The van der Waals surface area contributed by atoms with Crippen molar-refractivity contribution in [3.05, 3.63) is 6.92 Å². The summed E-state index contributed by atoms with van der Waals surface area (Å²) in [6.45, 7) is 6.61. The van der Waals surface area contributed by atoms with E-state index in [1.54, 1.807) is 4.90 Å². The minimum absolute atomic E-state index is 0.0695. The molecule has 1 radical (unpaired) electrons. The van der Waals surface area contributed by atoms with Crippen molar-refractivity contribution in [1.82, 2.24) is 10.2 Å². The normalized spacial score (nSPS) is 18.9. The van der Waals surface area contributed by atoms with Gasteiger partial charge >= 0.3 is 0 Å². The molecule has 1 saturated heterocycles. The van der Waals surface area contributed by atoms with Gasteiger partial charge in [0.2, 0.25) is 11.8 Å². The second-order valence-electron chi connectivity index (χ2n) is 3.64. The van der Waals surface area contributed by atoms with E-state index in [1.165, 1.54) is 13.3 Å². The third kappa shape index (κ3) is 3.01. The summed E-state index contributed by atoms with van der Waals surface area (Å²) in [5.41, 5.74) is 0. The molecule has 2 amide bonds. The number of rotatable bonds is 2. The van der Waals surface area contributed by atoms with Crippen molar-refractivity contribution in [3.63, 3.8) is 0 Å². The Morgan fingerprint density at radius 1 is 1.29 bits per heavy atom. The molecule has 0 aliphatic carbocycles. The molecule has 79 valence electrons. The summed E-state index contributed by atoms with van der Waals surface area (Å²) in [4.78, 5) is 24.2. The van der Waals surface area contributed by atoms with Crippen LogP contribution in [0.25, 0.3) is 0 Å². The highest BCUT2D eigenvalue weighted by Gasteiger charge is 2.22. The molecule has 1 unspecified atom stereocenters. The van der Waals surface area contributed by atoms with Gasteiger partial charge in [-0.25, -0.2) is 0 Å². The van der Waals surface area contributed by atoms with Crippen LogP contribution in [0.3, 0.4) is 0 Å². The molecule has 4 heteroatoms.